The lowest BCUT2D eigenvalue weighted by Gasteiger charge is -2.37. The van der Waals surface area contributed by atoms with E-state index in [4.69, 9.17) is 0 Å². The number of thiophene rings is 1. The maximum Gasteiger partial charge on any atom is 0.0386 e. The van der Waals surface area contributed by atoms with E-state index in [0.717, 1.165) is 6.54 Å². The maximum atomic E-state index is 3.62. The molecule has 1 atom stereocenters. The van der Waals surface area contributed by atoms with E-state index in [0.29, 0.717) is 10.8 Å². The summed E-state index contributed by atoms with van der Waals surface area (Å²) in [5, 5.41) is 5.77. The summed E-state index contributed by atoms with van der Waals surface area (Å²) in [5.41, 5.74) is 0. The molecule has 2 nitrogen and oxygen atoms in total. The number of hydrogen-bond acceptors (Lipinski definition) is 4. The van der Waals surface area contributed by atoms with Crippen molar-refractivity contribution in [1.82, 2.24) is 10.2 Å². The van der Waals surface area contributed by atoms with Crippen LogP contribution in [-0.2, 0) is 0 Å². The summed E-state index contributed by atoms with van der Waals surface area (Å²) < 4.78 is 0.428. The second kappa shape index (κ2) is 6.42. The molecule has 1 aromatic heterocycles. The molecule has 0 amide bonds. The average Bonchev–Trinajstić information content (AvgIpc) is 2.81. The van der Waals surface area contributed by atoms with Gasteiger partial charge in [-0.1, -0.05) is 6.07 Å². The van der Waals surface area contributed by atoms with E-state index in [9.17, 15) is 0 Å². The normalized spacial score (nSPS) is 21.9. The Morgan fingerprint density at radius 3 is 3.00 bits per heavy atom. The zero-order chi connectivity index (χ0) is 13.0. The summed E-state index contributed by atoms with van der Waals surface area (Å²) in [4.78, 5) is 4.02. The van der Waals surface area contributed by atoms with Gasteiger partial charge in [-0.2, -0.15) is 11.8 Å². The standard InChI is InChI=1S/C14H24N2S2/c1-12(13-5-4-9-17-13)15-6-7-16-8-10-18-14(2,3)11-16/h4-5,9,12,15H,6-8,10-11H2,1-3H3. The van der Waals surface area contributed by atoms with Gasteiger partial charge in [-0.25, -0.2) is 0 Å². The molecule has 0 saturated carbocycles. The Bertz CT molecular complexity index is 349. The zero-order valence-corrected chi connectivity index (χ0v) is 13.2. The molecule has 0 aliphatic carbocycles. The molecule has 1 aliphatic rings. The quantitative estimate of drug-likeness (QED) is 0.894. The molecule has 1 saturated heterocycles. The number of rotatable bonds is 5. The topological polar surface area (TPSA) is 15.3 Å². The predicted octanol–water partition coefficient (Wildman–Crippen LogP) is 3.23. The maximum absolute atomic E-state index is 3.62. The molecule has 1 unspecified atom stereocenters. The van der Waals surface area contributed by atoms with Crippen LogP contribution in [0.25, 0.3) is 0 Å². The monoisotopic (exact) mass is 284 g/mol. The summed E-state index contributed by atoms with van der Waals surface area (Å²) in [6.07, 6.45) is 0. The van der Waals surface area contributed by atoms with E-state index in [1.54, 1.807) is 0 Å². The Labute approximate surface area is 119 Å². The van der Waals surface area contributed by atoms with Crippen LogP contribution >= 0.6 is 23.1 Å². The fourth-order valence-electron chi connectivity index (χ4n) is 2.38. The Kier molecular flexibility index (Phi) is 5.13. The van der Waals surface area contributed by atoms with Gasteiger partial charge in [0.1, 0.15) is 0 Å². The molecule has 0 bridgehead atoms. The first-order valence-electron chi connectivity index (χ1n) is 6.70. The van der Waals surface area contributed by atoms with E-state index < -0.39 is 0 Å². The molecule has 1 N–H and O–H groups in total. The van der Waals surface area contributed by atoms with Crippen LogP contribution in [0.4, 0.5) is 0 Å². The van der Waals surface area contributed by atoms with E-state index in [1.807, 2.05) is 11.3 Å². The molecule has 1 aromatic rings. The van der Waals surface area contributed by atoms with Crippen LogP contribution in [0.1, 0.15) is 31.7 Å². The van der Waals surface area contributed by atoms with Crippen LogP contribution in [0.15, 0.2) is 17.5 Å². The van der Waals surface area contributed by atoms with Gasteiger partial charge in [0, 0.05) is 47.6 Å². The van der Waals surface area contributed by atoms with Gasteiger partial charge < -0.3 is 5.32 Å². The van der Waals surface area contributed by atoms with Crippen LogP contribution < -0.4 is 5.32 Å². The van der Waals surface area contributed by atoms with E-state index in [2.05, 4.69) is 60.3 Å². The molecular weight excluding hydrogens is 260 g/mol. The number of nitrogens with one attached hydrogen (secondary N) is 1. The zero-order valence-electron chi connectivity index (χ0n) is 11.6. The molecule has 2 rings (SSSR count). The molecule has 1 aliphatic heterocycles. The molecule has 0 spiro atoms. The van der Waals surface area contributed by atoms with Crippen LogP contribution in [-0.4, -0.2) is 41.6 Å². The first-order valence-corrected chi connectivity index (χ1v) is 8.56. The Morgan fingerprint density at radius 1 is 1.50 bits per heavy atom. The van der Waals surface area contributed by atoms with Crippen LogP contribution in [0.3, 0.4) is 0 Å². The first kappa shape index (κ1) is 14.4. The van der Waals surface area contributed by atoms with Gasteiger partial charge in [0.05, 0.1) is 0 Å². The molecule has 0 aromatic carbocycles. The largest absolute Gasteiger partial charge is 0.308 e. The van der Waals surface area contributed by atoms with E-state index >= 15 is 0 Å². The van der Waals surface area contributed by atoms with Gasteiger partial charge in [-0.15, -0.1) is 11.3 Å². The van der Waals surface area contributed by atoms with Crippen LogP contribution in [0.5, 0.6) is 0 Å². The molecule has 0 radical (unpaired) electrons. The lowest BCUT2D eigenvalue weighted by Crippen LogP contribution is -2.45. The van der Waals surface area contributed by atoms with Gasteiger partial charge in [0.25, 0.3) is 0 Å². The molecule has 2 heterocycles. The summed E-state index contributed by atoms with van der Waals surface area (Å²) in [6, 6.07) is 4.82. The predicted molar refractivity (Wildman–Crippen MR) is 83.7 cm³/mol. The van der Waals surface area contributed by atoms with Crippen molar-refractivity contribution in [2.24, 2.45) is 0 Å². The number of hydrogen-bond donors (Lipinski definition) is 1. The number of nitrogens with zero attached hydrogens (tertiary/aromatic N) is 1. The number of thioether (sulfide) groups is 1. The highest BCUT2D eigenvalue weighted by Gasteiger charge is 2.26. The molecule has 18 heavy (non-hydrogen) atoms. The van der Waals surface area contributed by atoms with Crippen molar-refractivity contribution >= 4 is 23.1 Å². The van der Waals surface area contributed by atoms with E-state index in [1.165, 1.54) is 30.3 Å². The van der Waals surface area contributed by atoms with Crippen molar-refractivity contribution in [3.63, 3.8) is 0 Å². The molecule has 4 heteroatoms. The first-order chi connectivity index (χ1) is 8.57. The molecule has 1 fully saturated rings. The molecular formula is C14H24N2S2. The van der Waals surface area contributed by atoms with Gasteiger partial charge >= 0.3 is 0 Å². The molecule has 102 valence electrons. The third-order valence-corrected chi connectivity index (χ3v) is 5.71. The third-order valence-electron chi connectivity index (χ3n) is 3.35. The van der Waals surface area contributed by atoms with Crippen molar-refractivity contribution in [3.8, 4) is 0 Å². The fourth-order valence-corrected chi connectivity index (χ4v) is 4.32. The summed E-state index contributed by atoms with van der Waals surface area (Å²) in [5.74, 6) is 1.27. The van der Waals surface area contributed by atoms with Gasteiger partial charge in [-0.05, 0) is 32.2 Å². The lowest BCUT2D eigenvalue weighted by atomic mass is 10.2. The average molecular weight is 284 g/mol. The highest BCUT2D eigenvalue weighted by Crippen LogP contribution is 2.29. The Balaban J connectivity index is 1.69. The highest BCUT2D eigenvalue weighted by molar-refractivity contribution is 8.00. The fraction of sp³-hybridized carbons (Fsp3) is 0.714. The highest BCUT2D eigenvalue weighted by atomic mass is 32.2. The summed E-state index contributed by atoms with van der Waals surface area (Å²) in [7, 11) is 0. The van der Waals surface area contributed by atoms with Gasteiger partial charge in [-0.3, -0.25) is 4.90 Å². The van der Waals surface area contributed by atoms with Gasteiger partial charge in [0.2, 0.25) is 0 Å². The second-order valence-electron chi connectivity index (χ2n) is 5.58. The summed E-state index contributed by atoms with van der Waals surface area (Å²) >= 11 is 3.94. The Hall–Kier alpha value is -0.0300. The summed E-state index contributed by atoms with van der Waals surface area (Å²) in [6.45, 7) is 11.7. The van der Waals surface area contributed by atoms with Gasteiger partial charge in [0.15, 0.2) is 0 Å². The van der Waals surface area contributed by atoms with Crippen molar-refractivity contribution in [3.05, 3.63) is 22.4 Å². The SMILES string of the molecule is CC(NCCN1CCSC(C)(C)C1)c1cccs1. The van der Waals surface area contributed by atoms with E-state index in [-0.39, 0.29) is 0 Å². The van der Waals surface area contributed by atoms with Crippen molar-refractivity contribution < 1.29 is 0 Å². The van der Waals surface area contributed by atoms with Crippen LogP contribution in [0, 0.1) is 0 Å². The van der Waals surface area contributed by atoms with Crippen LogP contribution in [0.2, 0.25) is 0 Å². The minimum Gasteiger partial charge on any atom is -0.308 e. The second-order valence-corrected chi connectivity index (χ2v) is 8.36. The smallest absolute Gasteiger partial charge is 0.0386 e. The lowest BCUT2D eigenvalue weighted by molar-refractivity contribution is 0.257. The van der Waals surface area contributed by atoms with Crippen molar-refractivity contribution in [1.29, 1.82) is 0 Å². The van der Waals surface area contributed by atoms with Crippen molar-refractivity contribution in [2.45, 2.75) is 31.6 Å². The minimum atomic E-state index is 0.428. The Morgan fingerprint density at radius 2 is 2.33 bits per heavy atom. The third kappa shape index (κ3) is 4.26. The minimum absolute atomic E-state index is 0.428. The van der Waals surface area contributed by atoms with Crippen molar-refractivity contribution in [2.75, 3.05) is 31.9 Å².